The van der Waals surface area contributed by atoms with E-state index in [9.17, 15) is 8.42 Å². The highest BCUT2D eigenvalue weighted by Crippen LogP contribution is 2.17. The van der Waals surface area contributed by atoms with E-state index in [1.54, 1.807) is 30.6 Å². The second kappa shape index (κ2) is 6.17. The van der Waals surface area contributed by atoms with Gasteiger partial charge in [-0.25, -0.2) is 13.1 Å². The lowest BCUT2D eigenvalue weighted by Crippen LogP contribution is -2.23. The van der Waals surface area contributed by atoms with Crippen LogP contribution in [0.4, 0.5) is 0 Å². The van der Waals surface area contributed by atoms with E-state index in [-0.39, 0.29) is 17.5 Å². The van der Waals surface area contributed by atoms with Gasteiger partial charge in [0.1, 0.15) is 0 Å². The number of sulfonamides is 1. The van der Waals surface area contributed by atoms with E-state index in [1.807, 2.05) is 20.0 Å². The van der Waals surface area contributed by atoms with Gasteiger partial charge in [0.25, 0.3) is 0 Å². The zero-order chi connectivity index (χ0) is 14.6. The summed E-state index contributed by atoms with van der Waals surface area (Å²) >= 11 is 0. The molecule has 0 spiro atoms. The molecule has 0 saturated carbocycles. The Morgan fingerprint density at radius 2 is 2.20 bits per heavy atom. The Bertz CT molecular complexity index is 653. The van der Waals surface area contributed by atoms with Crippen LogP contribution in [0.2, 0.25) is 0 Å². The van der Waals surface area contributed by atoms with Gasteiger partial charge in [-0.2, -0.15) is 5.10 Å². The molecule has 1 atom stereocenters. The molecule has 6 nitrogen and oxygen atoms in total. The van der Waals surface area contributed by atoms with Gasteiger partial charge in [0.2, 0.25) is 10.0 Å². The summed E-state index contributed by atoms with van der Waals surface area (Å²) in [5.74, 6) is 0. The zero-order valence-electron chi connectivity index (χ0n) is 11.4. The molecular formula is C13H18N4O2S. The minimum atomic E-state index is -3.52. The quantitative estimate of drug-likeness (QED) is 0.746. The van der Waals surface area contributed by atoms with Crippen molar-refractivity contribution in [2.75, 3.05) is 7.05 Å². The van der Waals surface area contributed by atoms with Crippen molar-refractivity contribution in [1.82, 2.24) is 20.2 Å². The molecule has 1 heterocycles. The molecule has 0 saturated heterocycles. The normalized spacial score (nSPS) is 13.3. The summed E-state index contributed by atoms with van der Waals surface area (Å²) in [4.78, 5) is 0.264. The molecule has 0 aliphatic heterocycles. The maximum atomic E-state index is 12.2. The molecule has 0 aliphatic carbocycles. The lowest BCUT2D eigenvalue weighted by Gasteiger charge is -2.12. The van der Waals surface area contributed by atoms with Crippen LogP contribution in [0.5, 0.6) is 0 Å². The van der Waals surface area contributed by atoms with Gasteiger partial charge in [0.05, 0.1) is 11.1 Å². The number of hydrogen-bond donors (Lipinski definition) is 3. The summed E-state index contributed by atoms with van der Waals surface area (Å²) in [6, 6.07) is 7.01. The molecule has 1 unspecified atom stereocenters. The largest absolute Gasteiger partial charge is 0.313 e. The number of nitrogens with one attached hydrogen (secondary N) is 3. The van der Waals surface area contributed by atoms with Gasteiger partial charge < -0.3 is 5.32 Å². The molecule has 1 aromatic carbocycles. The third kappa shape index (κ3) is 3.44. The second-order valence-corrected chi connectivity index (χ2v) is 6.28. The average Bonchev–Trinajstić information content (AvgIpc) is 2.98. The third-order valence-corrected chi connectivity index (χ3v) is 4.52. The van der Waals surface area contributed by atoms with Crippen molar-refractivity contribution in [2.45, 2.75) is 24.4 Å². The molecule has 2 aromatic rings. The predicted octanol–water partition coefficient (Wildman–Crippen LogP) is 1.17. The molecule has 0 fully saturated rings. The third-order valence-electron chi connectivity index (χ3n) is 3.12. The number of rotatable bonds is 6. The van der Waals surface area contributed by atoms with Crippen LogP contribution in [0.15, 0.2) is 41.6 Å². The summed E-state index contributed by atoms with van der Waals surface area (Å²) in [7, 11) is -1.68. The Morgan fingerprint density at radius 1 is 1.40 bits per heavy atom. The van der Waals surface area contributed by atoms with E-state index in [0.717, 1.165) is 11.1 Å². The van der Waals surface area contributed by atoms with Crippen LogP contribution in [-0.2, 0) is 16.6 Å². The predicted molar refractivity (Wildman–Crippen MR) is 76.5 cm³/mol. The number of hydrogen-bond acceptors (Lipinski definition) is 4. The van der Waals surface area contributed by atoms with E-state index in [4.69, 9.17) is 0 Å². The second-order valence-electron chi connectivity index (χ2n) is 4.51. The maximum absolute atomic E-state index is 12.2. The Hall–Kier alpha value is -1.70. The molecular weight excluding hydrogens is 276 g/mol. The first-order valence-corrected chi connectivity index (χ1v) is 7.76. The van der Waals surface area contributed by atoms with Gasteiger partial charge in [0, 0.05) is 24.3 Å². The zero-order valence-corrected chi connectivity index (χ0v) is 12.2. The van der Waals surface area contributed by atoms with E-state index in [2.05, 4.69) is 20.2 Å². The summed E-state index contributed by atoms with van der Waals surface area (Å²) < 4.78 is 27.0. The molecule has 7 heteroatoms. The van der Waals surface area contributed by atoms with E-state index < -0.39 is 10.0 Å². The smallest absolute Gasteiger partial charge is 0.240 e. The number of aromatic nitrogens is 2. The van der Waals surface area contributed by atoms with Gasteiger partial charge in [-0.05, 0) is 31.7 Å². The van der Waals surface area contributed by atoms with Crippen molar-refractivity contribution in [3.8, 4) is 0 Å². The number of nitrogens with zero attached hydrogens (tertiary/aromatic N) is 1. The van der Waals surface area contributed by atoms with E-state index >= 15 is 0 Å². The molecule has 1 aromatic heterocycles. The minimum Gasteiger partial charge on any atom is -0.313 e. The minimum absolute atomic E-state index is 0.0963. The highest BCUT2D eigenvalue weighted by molar-refractivity contribution is 7.89. The van der Waals surface area contributed by atoms with Crippen LogP contribution in [-0.4, -0.2) is 25.7 Å². The first-order chi connectivity index (χ1) is 9.53. The van der Waals surface area contributed by atoms with Crippen molar-refractivity contribution < 1.29 is 8.42 Å². The highest BCUT2D eigenvalue weighted by atomic mass is 32.2. The molecule has 20 heavy (non-hydrogen) atoms. The van der Waals surface area contributed by atoms with Gasteiger partial charge in [-0.3, -0.25) is 5.10 Å². The molecule has 0 amide bonds. The first kappa shape index (κ1) is 14.7. The van der Waals surface area contributed by atoms with Crippen LogP contribution in [0.25, 0.3) is 0 Å². The van der Waals surface area contributed by atoms with Gasteiger partial charge in [0.15, 0.2) is 0 Å². The molecule has 2 rings (SSSR count). The highest BCUT2D eigenvalue weighted by Gasteiger charge is 2.15. The Balaban J connectivity index is 2.16. The molecule has 0 radical (unpaired) electrons. The van der Waals surface area contributed by atoms with Gasteiger partial charge >= 0.3 is 0 Å². The number of aromatic amines is 1. The van der Waals surface area contributed by atoms with Crippen LogP contribution in [0.1, 0.15) is 24.1 Å². The molecule has 108 valence electrons. The Morgan fingerprint density at radius 3 is 2.85 bits per heavy atom. The lowest BCUT2D eigenvalue weighted by molar-refractivity contribution is 0.580. The van der Waals surface area contributed by atoms with Crippen LogP contribution < -0.4 is 10.0 Å². The number of H-pyrrole nitrogens is 1. The van der Waals surface area contributed by atoms with Crippen molar-refractivity contribution in [3.63, 3.8) is 0 Å². The summed E-state index contributed by atoms with van der Waals surface area (Å²) in [6.45, 7) is 2.19. The van der Waals surface area contributed by atoms with Crippen molar-refractivity contribution in [2.24, 2.45) is 0 Å². The van der Waals surface area contributed by atoms with E-state index in [1.165, 1.54) is 0 Å². The summed E-state index contributed by atoms with van der Waals surface area (Å²) in [6.07, 6.45) is 3.24. The SMILES string of the molecule is CNC(C)c1cccc(S(=O)(=O)NCc2cn[nH]c2)c1. The Labute approximate surface area is 118 Å². The van der Waals surface area contributed by atoms with Gasteiger partial charge in [-0.1, -0.05) is 12.1 Å². The van der Waals surface area contributed by atoms with Crippen molar-refractivity contribution in [1.29, 1.82) is 0 Å². The van der Waals surface area contributed by atoms with Gasteiger partial charge in [-0.15, -0.1) is 0 Å². The number of benzene rings is 1. The standard InChI is InChI=1S/C13H18N4O2S/c1-10(14-2)12-4-3-5-13(6-12)20(18,19)17-9-11-7-15-16-8-11/h3-8,10,14,17H,9H2,1-2H3,(H,15,16). The van der Waals surface area contributed by atoms with Crippen molar-refractivity contribution >= 4 is 10.0 Å². The fourth-order valence-electron chi connectivity index (χ4n) is 1.75. The topological polar surface area (TPSA) is 86.9 Å². The van der Waals surface area contributed by atoms with Crippen LogP contribution in [0.3, 0.4) is 0 Å². The molecule has 0 bridgehead atoms. The maximum Gasteiger partial charge on any atom is 0.240 e. The average molecular weight is 294 g/mol. The fraction of sp³-hybridized carbons (Fsp3) is 0.308. The fourth-order valence-corrected chi connectivity index (χ4v) is 2.83. The molecule has 3 N–H and O–H groups in total. The molecule has 0 aliphatic rings. The first-order valence-electron chi connectivity index (χ1n) is 6.27. The van der Waals surface area contributed by atoms with Crippen LogP contribution in [0, 0.1) is 0 Å². The summed E-state index contributed by atoms with van der Waals surface area (Å²) in [5, 5.41) is 9.51. The Kier molecular flexibility index (Phi) is 4.53. The van der Waals surface area contributed by atoms with Crippen LogP contribution >= 0.6 is 0 Å². The van der Waals surface area contributed by atoms with E-state index in [0.29, 0.717) is 0 Å². The van der Waals surface area contributed by atoms with Crippen molar-refractivity contribution in [3.05, 3.63) is 47.8 Å². The monoisotopic (exact) mass is 294 g/mol. The lowest BCUT2D eigenvalue weighted by atomic mass is 10.1. The summed E-state index contributed by atoms with van der Waals surface area (Å²) in [5.41, 5.74) is 1.71.